The highest BCUT2D eigenvalue weighted by molar-refractivity contribution is 6.39. The Morgan fingerprint density at radius 3 is 2.46 bits per heavy atom. The number of hydrogen-bond donors (Lipinski definition) is 2. The molecule has 0 bridgehead atoms. The smallest absolute Gasteiger partial charge is 0.313 e. The van der Waals surface area contributed by atoms with Crippen LogP contribution in [0.4, 0.5) is 11.4 Å². The molecule has 0 saturated heterocycles. The quantitative estimate of drug-likeness (QED) is 0.415. The minimum atomic E-state index is -0.909. The van der Waals surface area contributed by atoms with Crippen LogP contribution in [0.2, 0.25) is 0 Å². The van der Waals surface area contributed by atoms with Gasteiger partial charge < -0.3 is 20.3 Å². The first-order valence-electron chi connectivity index (χ1n) is 7.56. The molecule has 9 nitrogen and oxygen atoms in total. The highest BCUT2D eigenvalue weighted by Gasteiger charge is 2.18. The van der Waals surface area contributed by atoms with Gasteiger partial charge in [0.2, 0.25) is 0 Å². The van der Waals surface area contributed by atoms with E-state index >= 15 is 0 Å². The number of methoxy groups -OCH3 is 1. The largest absolute Gasteiger partial charge is 0.495 e. The lowest BCUT2D eigenvalue weighted by molar-refractivity contribution is -0.384. The number of nitro benzene ring substituents is 1. The number of hydrogen-bond acceptors (Lipinski definition) is 6. The number of ether oxygens (including phenoxy) is 1. The molecule has 1 aromatic rings. The maximum Gasteiger partial charge on any atom is 0.313 e. The van der Waals surface area contributed by atoms with E-state index in [9.17, 15) is 19.7 Å². The molecule has 1 aromatic carbocycles. The Labute approximate surface area is 140 Å². The number of carbonyl (C=O) groups excluding carboxylic acids is 2. The summed E-state index contributed by atoms with van der Waals surface area (Å²) < 4.78 is 5.03. The molecule has 0 aromatic heterocycles. The summed E-state index contributed by atoms with van der Waals surface area (Å²) in [6.45, 7) is 6.68. The van der Waals surface area contributed by atoms with Gasteiger partial charge in [0.15, 0.2) is 0 Å². The molecule has 0 heterocycles. The number of rotatable bonds is 8. The van der Waals surface area contributed by atoms with Gasteiger partial charge in [-0.3, -0.25) is 19.7 Å². The molecule has 0 spiro atoms. The summed E-state index contributed by atoms with van der Waals surface area (Å²) in [5, 5.41) is 15.6. The van der Waals surface area contributed by atoms with E-state index < -0.39 is 16.7 Å². The van der Waals surface area contributed by atoms with Gasteiger partial charge in [0.1, 0.15) is 5.75 Å². The van der Waals surface area contributed by atoms with Crippen LogP contribution < -0.4 is 15.4 Å². The Bertz CT molecular complexity index is 602. The molecule has 24 heavy (non-hydrogen) atoms. The molecule has 0 radical (unpaired) electrons. The second-order valence-corrected chi connectivity index (χ2v) is 4.88. The van der Waals surface area contributed by atoms with Gasteiger partial charge in [-0.1, -0.05) is 13.8 Å². The molecule has 0 aliphatic rings. The molecule has 0 atom stereocenters. The van der Waals surface area contributed by atoms with Crippen molar-refractivity contribution in [2.45, 2.75) is 13.8 Å². The lowest BCUT2D eigenvalue weighted by Gasteiger charge is -2.17. The molecule has 0 aliphatic carbocycles. The minimum absolute atomic E-state index is 0.0654. The zero-order valence-electron chi connectivity index (χ0n) is 14.0. The number of carbonyl (C=O) groups is 2. The van der Waals surface area contributed by atoms with Crippen molar-refractivity contribution in [2.75, 3.05) is 38.6 Å². The van der Waals surface area contributed by atoms with Crippen molar-refractivity contribution >= 4 is 23.2 Å². The number of nitrogens with one attached hydrogen (secondary N) is 2. The van der Waals surface area contributed by atoms with Crippen LogP contribution in [0.3, 0.4) is 0 Å². The zero-order valence-corrected chi connectivity index (χ0v) is 14.0. The number of anilines is 1. The van der Waals surface area contributed by atoms with Gasteiger partial charge in [0, 0.05) is 25.2 Å². The topological polar surface area (TPSA) is 114 Å². The second-order valence-electron chi connectivity index (χ2n) is 4.88. The van der Waals surface area contributed by atoms with Crippen LogP contribution in [0.25, 0.3) is 0 Å². The summed E-state index contributed by atoms with van der Waals surface area (Å²) in [6.07, 6.45) is 0. The Morgan fingerprint density at radius 1 is 1.25 bits per heavy atom. The molecule has 0 fully saturated rings. The van der Waals surface area contributed by atoms with Crippen LogP contribution >= 0.6 is 0 Å². The van der Waals surface area contributed by atoms with Crippen molar-refractivity contribution in [1.29, 1.82) is 0 Å². The summed E-state index contributed by atoms with van der Waals surface area (Å²) in [5.74, 6) is -1.49. The number of amides is 2. The van der Waals surface area contributed by atoms with Gasteiger partial charge in [-0.15, -0.1) is 0 Å². The predicted octanol–water partition coefficient (Wildman–Crippen LogP) is 1.000. The van der Waals surface area contributed by atoms with E-state index in [0.29, 0.717) is 13.1 Å². The SMILES string of the molecule is CCN(CC)CCNC(=O)C(=O)Nc1cc([N+](=O)[O-])ccc1OC. The molecule has 0 unspecified atom stereocenters. The fourth-order valence-electron chi connectivity index (χ4n) is 2.03. The zero-order chi connectivity index (χ0) is 18.1. The summed E-state index contributed by atoms with van der Waals surface area (Å²) >= 11 is 0. The molecule has 0 saturated carbocycles. The third-order valence-electron chi connectivity index (χ3n) is 3.46. The van der Waals surface area contributed by atoms with Crippen LogP contribution in [0.15, 0.2) is 18.2 Å². The molecular weight excluding hydrogens is 316 g/mol. The Balaban J connectivity index is 2.67. The van der Waals surface area contributed by atoms with Crippen molar-refractivity contribution in [3.63, 3.8) is 0 Å². The Morgan fingerprint density at radius 2 is 1.92 bits per heavy atom. The highest BCUT2D eigenvalue weighted by atomic mass is 16.6. The van der Waals surface area contributed by atoms with Gasteiger partial charge in [-0.25, -0.2) is 0 Å². The summed E-state index contributed by atoms with van der Waals surface area (Å²) in [4.78, 5) is 36.0. The molecule has 2 N–H and O–H groups in total. The van der Waals surface area contributed by atoms with E-state index in [1.54, 1.807) is 0 Å². The number of non-ortho nitro benzene ring substituents is 1. The fourth-order valence-corrected chi connectivity index (χ4v) is 2.03. The number of likely N-dealkylation sites (N-methyl/N-ethyl adjacent to an activating group) is 1. The van der Waals surface area contributed by atoms with Crippen LogP contribution in [-0.2, 0) is 9.59 Å². The van der Waals surface area contributed by atoms with Crippen LogP contribution in [0.5, 0.6) is 5.75 Å². The van der Waals surface area contributed by atoms with E-state index in [0.717, 1.165) is 19.2 Å². The predicted molar refractivity (Wildman–Crippen MR) is 89.1 cm³/mol. The van der Waals surface area contributed by atoms with Gasteiger partial charge in [0.05, 0.1) is 17.7 Å². The minimum Gasteiger partial charge on any atom is -0.495 e. The standard InChI is InChI=1S/C15H22N4O5/c1-4-18(5-2)9-8-16-14(20)15(21)17-12-10-11(19(22)23)6-7-13(12)24-3/h6-7,10H,4-5,8-9H2,1-3H3,(H,16,20)(H,17,21). The first kappa shape index (κ1) is 19.4. The Kier molecular flexibility index (Phi) is 7.63. The van der Waals surface area contributed by atoms with Gasteiger partial charge in [-0.2, -0.15) is 0 Å². The normalized spacial score (nSPS) is 10.3. The molecule has 1 rings (SSSR count). The van der Waals surface area contributed by atoms with E-state index in [-0.39, 0.29) is 17.1 Å². The summed E-state index contributed by atoms with van der Waals surface area (Å²) in [7, 11) is 1.36. The summed E-state index contributed by atoms with van der Waals surface area (Å²) in [6, 6.07) is 3.74. The van der Waals surface area contributed by atoms with Crippen molar-refractivity contribution in [1.82, 2.24) is 10.2 Å². The monoisotopic (exact) mass is 338 g/mol. The van der Waals surface area contributed by atoms with E-state index in [1.165, 1.54) is 19.2 Å². The van der Waals surface area contributed by atoms with Crippen LogP contribution in [0.1, 0.15) is 13.8 Å². The maximum absolute atomic E-state index is 11.9. The fraction of sp³-hybridized carbons (Fsp3) is 0.467. The number of nitro groups is 1. The van der Waals surface area contributed by atoms with Crippen molar-refractivity contribution in [3.8, 4) is 5.75 Å². The van der Waals surface area contributed by atoms with Crippen LogP contribution in [-0.4, -0.2) is 54.9 Å². The first-order valence-corrected chi connectivity index (χ1v) is 7.56. The average molecular weight is 338 g/mol. The van der Waals surface area contributed by atoms with Gasteiger partial charge >= 0.3 is 11.8 Å². The van der Waals surface area contributed by atoms with Crippen LogP contribution in [0, 0.1) is 10.1 Å². The maximum atomic E-state index is 11.9. The van der Waals surface area contributed by atoms with E-state index in [4.69, 9.17) is 4.74 Å². The van der Waals surface area contributed by atoms with E-state index in [2.05, 4.69) is 15.5 Å². The Hall–Kier alpha value is -2.68. The van der Waals surface area contributed by atoms with Gasteiger partial charge in [-0.05, 0) is 19.2 Å². The number of benzene rings is 1. The third kappa shape index (κ3) is 5.51. The molecule has 132 valence electrons. The average Bonchev–Trinajstić information content (AvgIpc) is 2.58. The molecular formula is C15H22N4O5. The van der Waals surface area contributed by atoms with Crippen molar-refractivity contribution in [3.05, 3.63) is 28.3 Å². The molecule has 0 aliphatic heterocycles. The summed E-state index contributed by atoms with van der Waals surface area (Å²) in [5.41, 5.74) is -0.149. The second kappa shape index (κ2) is 9.46. The van der Waals surface area contributed by atoms with E-state index in [1.807, 2.05) is 13.8 Å². The molecule has 2 amide bonds. The third-order valence-corrected chi connectivity index (χ3v) is 3.46. The van der Waals surface area contributed by atoms with Gasteiger partial charge in [0.25, 0.3) is 5.69 Å². The first-order chi connectivity index (χ1) is 11.4. The highest BCUT2D eigenvalue weighted by Crippen LogP contribution is 2.28. The van der Waals surface area contributed by atoms with Crippen molar-refractivity contribution in [2.24, 2.45) is 0 Å². The molecule has 9 heteroatoms. The number of nitrogens with zero attached hydrogens (tertiary/aromatic N) is 2. The van der Waals surface area contributed by atoms with Crippen molar-refractivity contribution < 1.29 is 19.2 Å². The lowest BCUT2D eigenvalue weighted by Crippen LogP contribution is -2.40. The lowest BCUT2D eigenvalue weighted by atomic mass is 10.2.